The van der Waals surface area contributed by atoms with Crippen LogP contribution in [-0.4, -0.2) is 4.98 Å². The lowest BCUT2D eigenvalue weighted by Gasteiger charge is -2.21. The summed E-state index contributed by atoms with van der Waals surface area (Å²) >= 11 is 0. The molecule has 6 aromatic carbocycles. The molecule has 0 amide bonds. The van der Waals surface area contributed by atoms with Crippen LogP contribution in [0, 0.1) is 0 Å². The van der Waals surface area contributed by atoms with Crippen molar-refractivity contribution < 1.29 is 4.42 Å². The third-order valence-corrected chi connectivity index (χ3v) is 6.70. The van der Waals surface area contributed by atoms with Gasteiger partial charge >= 0.3 is 6.01 Å². The lowest BCUT2D eigenvalue weighted by molar-refractivity contribution is 0.611. The maximum atomic E-state index is 6.53. The second-order valence-electron chi connectivity index (χ2n) is 8.88. The van der Waals surface area contributed by atoms with Gasteiger partial charge < -0.3 is 4.42 Å². The largest absolute Gasteiger partial charge is 0.422 e. The highest BCUT2D eigenvalue weighted by molar-refractivity contribution is 6.15. The highest BCUT2D eigenvalue weighted by atomic mass is 16.4. The van der Waals surface area contributed by atoms with Gasteiger partial charge in [-0.05, 0) is 63.7 Å². The molecular formula is C33H22N2O. The Kier molecular flexibility index (Phi) is 4.78. The zero-order valence-corrected chi connectivity index (χ0v) is 19.5. The molecule has 0 atom stereocenters. The van der Waals surface area contributed by atoms with E-state index in [1.165, 1.54) is 27.3 Å². The van der Waals surface area contributed by atoms with Gasteiger partial charge in [-0.25, -0.2) is 0 Å². The quantitative estimate of drug-likeness (QED) is 0.244. The number of benzene rings is 6. The lowest BCUT2D eigenvalue weighted by atomic mass is 10.0. The first-order valence-corrected chi connectivity index (χ1v) is 12.1. The Labute approximate surface area is 208 Å². The summed E-state index contributed by atoms with van der Waals surface area (Å²) in [6.07, 6.45) is 0. The van der Waals surface area contributed by atoms with Crippen LogP contribution in [0.15, 0.2) is 138 Å². The van der Waals surface area contributed by atoms with Crippen molar-refractivity contribution in [3.05, 3.63) is 133 Å². The van der Waals surface area contributed by atoms with E-state index in [2.05, 4.69) is 114 Å². The van der Waals surface area contributed by atoms with Crippen molar-refractivity contribution in [3.8, 4) is 11.1 Å². The summed E-state index contributed by atoms with van der Waals surface area (Å²) in [4.78, 5) is 7.01. The number of para-hydroxylation sites is 1. The van der Waals surface area contributed by atoms with E-state index in [9.17, 15) is 0 Å². The van der Waals surface area contributed by atoms with Crippen LogP contribution in [0.3, 0.4) is 0 Å². The third kappa shape index (κ3) is 3.41. The van der Waals surface area contributed by atoms with Gasteiger partial charge in [-0.2, -0.15) is 4.98 Å². The van der Waals surface area contributed by atoms with E-state index in [4.69, 9.17) is 9.40 Å². The highest BCUT2D eigenvalue weighted by Crippen LogP contribution is 2.39. The zero-order chi connectivity index (χ0) is 23.9. The highest BCUT2D eigenvalue weighted by Gasteiger charge is 2.20. The number of hydrogen-bond acceptors (Lipinski definition) is 3. The number of oxazole rings is 1. The molecule has 0 unspecified atom stereocenters. The fraction of sp³-hybridized carbons (Fsp3) is 0. The van der Waals surface area contributed by atoms with E-state index in [1.54, 1.807) is 0 Å². The minimum atomic E-state index is 0.546. The molecule has 3 heteroatoms. The van der Waals surface area contributed by atoms with Crippen LogP contribution in [-0.2, 0) is 0 Å². The number of rotatable bonds is 4. The van der Waals surface area contributed by atoms with Crippen LogP contribution in [0.5, 0.6) is 0 Å². The van der Waals surface area contributed by atoms with Gasteiger partial charge in [-0.1, -0.05) is 97.1 Å². The molecule has 0 N–H and O–H groups in total. The molecule has 7 rings (SSSR count). The third-order valence-electron chi connectivity index (χ3n) is 6.70. The van der Waals surface area contributed by atoms with Gasteiger partial charge in [0.2, 0.25) is 0 Å². The lowest BCUT2D eigenvalue weighted by Crippen LogP contribution is -2.10. The molecule has 1 heterocycles. The minimum absolute atomic E-state index is 0.546. The van der Waals surface area contributed by atoms with Gasteiger partial charge in [-0.3, -0.25) is 4.90 Å². The van der Waals surface area contributed by atoms with E-state index in [-0.39, 0.29) is 0 Å². The van der Waals surface area contributed by atoms with E-state index in [0.29, 0.717) is 6.01 Å². The first-order valence-electron chi connectivity index (χ1n) is 12.1. The molecule has 0 radical (unpaired) electrons. The van der Waals surface area contributed by atoms with Gasteiger partial charge in [0.05, 0.1) is 11.4 Å². The van der Waals surface area contributed by atoms with Crippen molar-refractivity contribution in [1.82, 2.24) is 4.98 Å². The summed E-state index contributed by atoms with van der Waals surface area (Å²) in [6, 6.07) is 46.6. The smallest absolute Gasteiger partial charge is 0.307 e. The topological polar surface area (TPSA) is 29.3 Å². The van der Waals surface area contributed by atoms with Crippen LogP contribution >= 0.6 is 0 Å². The Morgan fingerprint density at radius 1 is 0.472 bits per heavy atom. The van der Waals surface area contributed by atoms with Crippen molar-refractivity contribution in [2.24, 2.45) is 0 Å². The SMILES string of the molecule is c1ccc(-c2ccc(N(c3ccccc3)c3nc4ccc5c6ccccc6ccc5c4o3)cc2)cc1. The molecule has 36 heavy (non-hydrogen) atoms. The molecule has 0 aliphatic heterocycles. The van der Waals surface area contributed by atoms with E-state index in [1.807, 2.05) is 24.3 Å². The molecule has 0 fully saturated rings. The van der Waals surface area contributed by atoms with E-state index in [0.717, 1.165) is 27.9 Å². The molecule has 3 nitrogen and oxygen atoms in total. The second kappa shape index (κ2) is 8.40. The normalized spacial score (nSPS) is 11.3. The summed E-state index contributed by atoms with van der Waals surface area (Å²) in [5, 5.41) is 4.67. The standard InChI is InChI=1S/C33H22N2O/c1-3-9-23(10-4-1)24-15-18-27(19-16-24)35(26-12-5-2-6-13-26)33-34-31-22-21-29-28-14-8-7-11-25(28)17-20-30(29)32(31)36-33/h1-22H. The second-order valence-corrected chi connectivity index (χ2v) is 8.88. The molecular weight excluding hydrogens is 440 g/mol. The monoisotopic (exact) mass is 462 g/mol. The Morgan fingerprint density at radius 3 is 1.92 bits per heavy atom. The fourth-order valence-electron chi connectivity index (χ4n) is 4.94. The van der Waals surface area contributed by atoms with Crippen molar-refractivity contribution in [3.63, 3.8) is 0 Å². The molecule has 0 spiro atoms. The average Bonchev–Trinajstić information content (AvgIpc) is 3.38. The Morgan fingerprint density at radius 2 is 1.11 bits per heavy atom. The van der Waals surface area contributed by atoms with Gasteiger partial charge in [-0.15, -0.1) is 0 Å². The average molecular weight is 463 g/mol. The number of aromatic nitrogens is 1. The van der Waals surface area contributed by atoms with Crippen molar-refractivity contribution >= 4 is 50.0 Å². The van der Waals surface area contributed by atoms with Gasteiger partial charge in [0.25, 0.3) is 0 Å². The Bertz CT molecular complexity index is 1820. The summed E-state index contributed by atoms with van der Waals surface area (Å²) < 4.78 is 6.53. The van der Waals surface area contributed by atoms with Crippen LogP contribution in [0.25, 0.3) is 43.8 Å². The van der Waals surface area contributed by atoms with Crippen LogP contribution in [0.1, 0.15) is 0 Å². The maximum absolute atomic E-state index is 6.53. The van der Waals surface area contributed by atoms with Crippen molar-refractivity contribution in [2.45, 2.75) is 0 Å². The summed E-state index contributed by atoms with van der Waals surface area (Å²) in [5.74, 6) is 0. The number of anilines is 3. The van der Waals surface area contributed by atoms with E-state index >= 15 is 0 Å². The van der Waals surface area contributed by atoms with Crippen LogP contribution < -0.4 is 4.90 Å². The molecule has 1 aromatic heterocycles. The Hall–Kier alpha value is -4.89. The molecule has 0 aliphatic carbocycles. The van der Waals surface area contributed by atoms with Crippen molar-refractivity contribution in [1.29, 1.82) is 0 Å². The van der Waals surface area contributed by atoms with Crippen LogP contribution in [0.4, 0.5) is 17.4 Å². The molecule has 0 saturated heterocycles. The van der Waals surface area contributed by atoms with Gasteiger partial charge in [0.1, 0.15) is 5.52 Å². The predicted molar refractivity (Wildman–Crippen MR) is 149 cm³/mol. The first kappa shape index (κ1) is 20.5. The fourth-order valence-corrected chi connectivity index (χ4v) is 4.94. The molecule has 0 aliphatic rings. The number of nitrogens with zero attached hydrogens (tertiary/aromatic N) is 2. The van der Waals surface area contributed by atoms with Gasteiger partial charge in [0.15, 0.2) is 5.58 Å². The number of hydrogen-bond donors (Lipinski definition) is 0. The summed E-state index contributed by atoms with van der Waals surface area (Å²) in [5.41, 5.74) is 5.98. The number of fused-ring (bicyclic) bond motifs is 5. The molecule has 170 valence electrons. The van der Waals surface area contributed by atoms with Crippen LogP contribution in [0.2, 0.25) is 0 Å². The van der Waals surface area contributed by atoms with Crippen molar-refractivity contribution in [2.75, 3.05) is 4.90 Å². The van der Waals surface area contributed by atoms with Gasteiger partial charge in [0, 0.05) is 5.39 Å². The maximum Gasteiger partial charge on any atom is 0.307 e. The zero-order valence-electron chi connectivity index (χ0n) is 19.5. The molecule has 7 aromatic rings. The summed E-state index contributed by atoms with van der Waals surface area (Å²) in [6.45, 7) is 0. The minimum Gasteiger partial charge on any atom is -0.422 e. The predicted octanol–water partition coefficient (Wildman–Crippen LogP) is 9.27. The Balaban J connectivity index is 1.39. The molecule has 0 bridgehead atoms. The molecule has 0 saturated carbocycles. The summed E-state index contributed by atoms with van der Waals surface area (Å²) in [7, 11) is 0. The van der Waals surface area contributed by atoms with E-state index < -0.39 is 0 Å². The first-order chi connectivity index (χ1) is 17.8.